The molecule has 5 rings (SSSR count). The molecule has 1 aliphatic rings. The fraction of sp³-hybridized carbons (Fsp3) is 0.276. The van der Waals surface area contributed by atoms with Crippen LogP contribution in [-0.2, 0) is 30.9 Å². The van der Waals surface area contributed by atoms with E-state index in [-0.39, 0.29) is 13.0 Å². The maximum absolute atomic E-state index is 11.3. The van der Waals surface area contributed by atoms with Crippen LogP contribution >= 0.6 is 0 Å². The van der Waals surface area contributed by atoms with Crippen molar-refractivity contribution in [1.82, 2.24) is 10.2 Å². The topological polar surface area (TPSA) is 101 Å². The first-order valence-electron chi connectivity index (χ1n) is 12.3. The summed E-state index contributed by atoms with van der Waals surface area (Å²) >= 11 is 0. The number of hydrogen-bond donors (Lipinski definition) is 3. The molecule has 0 amide bonds. The second kappa shape index (κ2) is 11.0. The third-order valence-corrected chi connectivity index (χ3v) is 6.63. The summed E-state index contributed by atoms with van der Waals surface area (Å²) in [7, 11) is 0. The lowest BCUT2D eigenvalue weighted by Gasteiger charge is -2.27. The van der Waals surface area contributed by atoms with Gasteiger partial charge < -0.3 is 25.3 Å². The van der Waals surface area contributed by atoms with Crippen LogP contribution in [0.15, 0.2) is 71.3 Å². The Morgan fingerprint density at radius 2 is 1.83 bits per heavy atom. The number of aliphatic carboxylic acids is 1. The monoisotopic (exact) mass is 485 g/mol. The predicted octanol–water partition coefficient (Wildman–Crippen LogP) is 4.17. The number of para-hydroxylation sites is 1. The zero-order chi connectivity index (χ0) is 24.9. The summed E-state index contributed by atoms with van der Waals surface area (Å²) in [5.41, 5.74) is 12.8. The molecule has 4 aromatic rings. The standard InChI is InChI=1S/C29H31N3O4/c30-16-20-4-3-6-21(12-20)23-13-24(17-32-10-8-31-9-11-32)29-26(14-23)25(19-36-29)18-35-27-7-2-1-5-22(27)15-28(33)34/h1-7,12-14,19,31H,8-11,15-18,30H2,(H,33,34). The molecule has 2 heterocycles. The van der Waals surface area contributed by atoms with E-state index in [1.807, 2.05) is 24.3 Å². The quantitative estimate of drug-likeness (QED) is 0.327. The van der Waals surface area contributed by atoms with Crippen LogP contribution in [0, 0.1) is 0 Å². The number of fused-ring (bicyclic) bond motifs is 1. The number of rotatable bonds is 9. The highest BCUT2D eigenvalue weighted by molar-refractivity contribution is 5.89. The second-order valence-electron chi connectivity index (χ2n) is 9.17. The van der Waals surface area contributed by atoms with E-state index < -0.39 is 5.97 Å². The van der Waals surface area contributed by atoms with E-state index in [4.69, 9.17) is 14.9 Å². The van der Waals surface area contributed by atoms with Gasteiger partial charge in [0.2, 0.25) is 0 Å². The molecular weight excluding hydrogens is 454 g/mol. The van der Waals surface area contributed by atoms with Crippen molar-refractivity contribution in [1.29, 1.82) is 0 Å². The lowest BCUT2D eigenvalue weighted by molar-refractivity contribution is -0.136. The smallest absolute Gasteiger partial charge is 0.307 e. The zero-order valence-corrected chi connectivity index (χ0v) is 20.2. The van der Waals surface area contributed by atoms with Crippen molar-refractivity contribution in [3.8, 4) is 16.9 Å². The van der Waals surface area contributed by atoms with E-state index >= 15 is 0 Å². The van der Waals surface area contributed by atoms with Gasteiger partial charge in [0.15, 0.2) is 0 Å². The number of nitrogens with zero attached hydrogens (tertiary/aromatic N) is 1. The largest absolute Gasteiger partial charge is 0.488 e. The van der Waals surface area contributed by atoms with Gasteiger partial charge in [0, 0.05) is 61.3 Å². The summed E-state index contributed by atoms with van der Waals surface area (Å²) in [6.07, 6.45) is 1.67. The molecule has 0 saturated carbocycles. The Morgan fingerprint density at radius 1 is 1.00 bits per heavy atom. The number of piperazine rings is 1. The summed E-state index contributed by atoms with van der Waals surface area (Å²) < 4.78 is 12.2. The Hall–Kier alpha value is -3.65. The minimum absolute atomic E-state index is 0.0845. The maximum Gasteiger partial charge on any atom is 0.307 e. The highest BCUT2D eigenvalue weighted by Crippen LogP contribution is 2.33. The molecule has 1 aromatic heterocycles. The van der Waals surface area contributed by atoms with E-state index in [9.17, 15) is 9.90 Å². The fourth-order valence-electron chi connectivity index (χ4n) is 4.75. The van der Waals surface area contributed by atoms with Crippen LogP contribution in [-0.4, -0.2) is 42.2 Å². The molecule has 0 spiro atoms. The van der Waals surface area contributed by atoms with Gasteiger partial charge in [0.25, 0.3) is 0 Å². The average Bonchev–Trinajstić information content (AvgIpc) is 3.32. The Labute approximate surface area is 210 Å². The number of benzene rings is 3. The normalized spacial score (nSPS) is 14.2. The Kier molecular flexibility index (Phi) is 7.32. The number of carboxylic acid groups (broad SMARTS) is 1. The van der Waals surface area contributed by atoms with E-state index in [1.165, 1.54) is 0 Å². The highest BCUT2D eigenvalue weighted by atomic mass is 16.5. The van der Waals surface area contributed by atoms with Gasteiger partial charge in [-0.25, -0.2) is 0 Å². The third-order valence-electron chi connectivity index (χ3n) is 6.63. The van der Waals surface area contributed by atoms with E-state index in [1.54, 1.807) is 18.4 Å². The first kappa shape index (κ1) is 24.1. The van der Waals surface area contributed by atoms with Crippen LogP contribution in [0.5, 0.6) is 5.75 Å². The van der Waals surface area contributed by atoms with Crippen LogP contribution in [0.1, 0.15) is 22.3 Å². The molecule has 0 radical (unpaired) electrons. The van der Waals surface area contributed by atoms with Gasteiger partial charge >= 0.3 is 5.97 Å². The zero-order valence-electron chi connectivity index (χ0n) is 20.2. The fourth-order valence-corrected chi connectivity index (χ4v) is 4.75. The van der Waals surface area contributed by atoms with Crippen molar-refractivity contribution in [2.45, 2.75) is 26.1 Å². The molecule has 7 nitrogen and oxygen atoms in total. The summed E-state index contributed by atoms with van der Waals surface area (Å²) in [5, 5.41) is 13.7. The molecule has 4 N–H and O–H groups in total. The van der Waals surface area contributed by atoms with Crippen molar-refractivity contribution in [3.05, 3.63) is 89.2 Å². The van der Waals surface area contributed by atoms with Gasteiger partial charge in [0.1, 0.15) is 17.9 Å². The van der Waals surface area contributed by atoms with E-state index in [0.717, 1.165) is 71.5 Å². The van der Waals surface area contributed by atoms with Crippen LogP contribution < -0.4 is 15.8 Å². The SMILES string of the molecule is NCc1cccc(-c2cc(CN3CCNCC3)c3occ(COc4ccccc4CC(=O)O)c3c2)c1. The number of hydrogen-bond acceptors (Lipinski definition) is 6. The van der Waals surface area contributed by atoms with Crippen LogP contribution in [0.2, 0.25) is 0 Å². The van der Waals surface area contributed by atoms with Crippen molar-refractivity contribution < 1.29 is 19.1 Å². The molecule has 36 heavy (non-hydrogen) atoms. The average molecular weight is 486 g/mol. The molecule has 0 atom stereocenters. The Balaban J connectivity index is 1.50. The molecule has 0 unspecified atom stereocenters. The summed E-state index contributed by atoms with van der Waals surface area (Å²) in [4.78, 5) is 13.7. The number of nitrogens with one attached hydrogen (secondary N) is 1. The molecular formula is C29H31N3O4. The molecule has 186 valence electrons. The van der Waals surface area contributed by atoms with Gasteiger partial charge in [-0.1, -0.05) is 36.4 Å². The van der Waals surface area contributed by atoms with E-state index in [0.29, 0.717) is 17.9 Å². The summed E-state index contributed by atoms with van der Waals surface area (Å²) in [6.45, 7) is 5.52. The van der Waals surface area contributed by atoms with Crippen molar-refractivity contribution in [2.24, 2.45) is 5.73 Å². The predicted molar refractivity (Wildman–Crippen MR) is 140 cm³/mol. The number of ether oxygens (including phenoxy) is 1. The molecule has 1 fully saturated rings. The summed E-state index contributed by atoms with van der Waals surface area (Å²) in [5.74, 6) is -0.316. The summed E-state index contributed by atoms with van der Waals surface area (Å²) in [6, 6.07) is 19.9. The van der Waals surface area contributed by atoms with Gasteiger partial charge in [-0.05, 0) is 41.0 Å². The first-order valence-corrected chi connectivity index (χ1v) is 12.3. The molecule has 0 aliphatic carbocycles. The lowest BCUT2D eigenvalue weighted by Crippen LogP contribution is -2.42. The Bertz CT molecular complexity index is 1360. The van der Waals surface area contributed by atoms with Crippen LogP contribution in [0.3, 0.4) is 0 Å². The van der Waals surface area contributed by atoms with Crippen molar-refractivity contribution in [2.75, 3.05) is 26.2 Å². The van der Waals surface area contributed by atoms with Gasteiger partial charge in [-0.15, -0.1) is 0 Å². The lowest BCUT2D eigenvalue weighted by atomic mass is 9.97. The highest BCUT2D eigenvalue weighted by Gasteiger charge is 2.18. The third kappa shape index (κ3) is 5.44. The molecule has 7 heteroatoms. The maximum atomic E-state index is 11.3. The van der Waals surface area contributed by atoms with Crippen LogP contribution in [0.4, 0.5) is 0 Å². The van der Waals surface area contributed by atoms with E-state index in [2.05, 4.69) is 34.5 Å². The molecule has 1 aliphatic heterocycles. The van der Waals surface area contributed by atoms with Gasteiger partial charge in [-0.2, -0.15) is 0 Å². The number of nitrogens with two attached hydrogens (primary N) is 1. The molecule has 0 bridgehead atoms. The minimum Gasteiger partial charge on any atom is -0.488 e. The van der Waals surface area contributed by atoms with Crippen molar-refractivity contribution >= 4 is 16.9 Å². The van der Waals surface area contributed by atoms with Gasteiger partial charge in [-0.3, -0.25) is 9.69 Å². The first-order chi connectivity index (χ1) is 17.6. The van der Waals surface area contributed by atoms with Crippen molar-refractivity contribution in [3.63, 3.8) is 0 Å². The molecule has 1 saturated heterocycles. The van der Waals surface area contributed by atoms with Crippen LogP contribution in [0.25, 0.3) is 22.1 Å². The second-order valence-corrected chi connectivity index (χ2v) is 9.17. The number of carbonyl (C=O) groups is 1. The molecule has 3 aromatic carbocycles. The van der Waals surface area contributed by atoms with Gasteiger partial charge in [0.05, 0.1) is 12.7 Å². The Morgan fingerprint density at radius 3 is 2.64 bits per heavy atom. The minimum atomic E-state index is -0.887. The number of furan rings is 1. The number of carboxylic acids is 1.